The monoisotopic (exact) mass is 449 g/mol. The van der Waals surface area contributed by atoms with Crippen molar-refractivity contribution in [2.75, 3.05) is 13.1 Å². The third-order valence-electron chi connectivity index (χ3n) is 5.66. The number of rotatable bonds is 9. The number of halogens is 1. The first-order valence-corrected chi connectivity index (χ1v) is 11.3. The van der Waals surface area contributed by atoms with Crippen molar-refractivity contribution < 1.29 is 4.79 Å². The van der Waals surface area contributed by atoms with Crippen LogP contribution in [0.15, 0.2) is 61.2 Å². The SMILES string of the molecule is Cc1cc(CN(CCc2c[nH]c3ccccc23)C(=O)NCCCc2cnc[nH]2)ccc1Cl. The highest BCUT2D eigenvalue weighted by Crippen LogP contribution is 2.20. The van der Waals surface area contributed by atoms with Gasteiger partial charge in [-0.25, -0.2) is 9.78 Å². The molecule has 2 aromatic carbocycles. The highest BCUT2D eigenvalue weighted by Gasteiger charge is 2.15. The van der Waals surface area contributed by atoms with Gasteiger partial charge in [0.25, 0.3) is 0 Å². The number of carbonyl (C=O) groups excluding carboxylic acids is 1. The minimum atomic E-state index is -0.0537. The molecule has 0 aliphatic carbocycles. The number of aryl methyl sites for hydroxylation is 2. The summed E-state index contributed by atoms with van der Waals surface area (Å²) >= 11 is 6.19. The first-order valence-electron chi connectivity index (χ1n) is 10.9. The number of benzene rings is 2. The van der Waals surface area contributed by atoms with Gasteiger partial charge in [0.15, 0.2) is 0 Å². The van der Waals surface area contributed by atoms with Crippen molar-refractivity contribution in [2.45, 2.75) is 32.7 Å². The summed E-state index contributed by atoms with van der Waals surface area (Å²) in [6.07, 6.45) is 8.01. The molecule has 0 radical (unpaired) electrons. The number of aromatic amines is 2. The van der Waals surface area contributed by atoms with Crippen LogP contribution in [0.2, 0.25) is 5.02 Å². The summed E-state index contributed by atoms with van der Waals surface area (Å²) in [5.41, 5.74) is 5.49. The number of aromatic nitrogens is 3. The van der Waals surface area contributed by atoms with Crippen LogP contribution in [0.1, 0.15) is 28.8 Å². The predicted molar refractivity (Wildman–Crippen MR) is 129 cm³/mol. The van der Waals surface area contributed by atoms with Crippen LogP contribution >= 0.6 is 11.6 Å². The minimum absolute atomic E-state index is 0.0537. The molecule has 0 bridgehead atoms. The van der Waals surface area contributed by atoms with E-state index in [2.05, 4.69) is 32.4 Å². The van der Waals surface area contributed by atoms with Crippen molar-refractivity contribution in [2.24, 2.45) is 0 Å². The number of hydrogen-bond donors (Lipinski definition) is 3. The van der Waals surface area contributed by atoms with E-state index < -0.39 is 0 Å². The molecule has 166 valence electrons. The van der Waals surface area contributed by atoms with Crippen LogP contribution in [0.25, 0.3) is 10.9 Å². The fraction of sp³-hybridized carbons (Fsp3) is 0.280. The second kappa shape index (κ2) is 10.4. The Morgan fingerprint density at radius 2 is 2.03 bits per heavy atom. The van der Waals surface area contributed by atoms with Gasteiger partial charge in [0.1, 0.15) is 0 Å². The molecule has 3 N–H and O–H groups in total. The Morgan fingerprint density at radius 1 is 1.16 bits per heavy atom. The lowest BCUT2D eigenvalue weighted by Gasteiger charge is -2.23. The van der Waals surface area contributed by atoms with Crippen LogP contribution in [-0.4, -0.2) is 39.0 Å². The molecule has 6 nitrogen and oxygen atoms in total. The zero-order chi connectivity index (χ0) is 22.3. The lowest BCUT2D eigenvalue weighted by Crippen LogP contribution is -2.41. The Morgan fingerprint density at radius 3 is 2.84 bits per heavy atom. The molecule has 2 heterocycles. The first kappa shape index (κ1) is 22.0. The van der Waals surface area contributed by atoms with Crippen molar-refractivity contribution in [1.29, 1.82) is 0 Å². The van der Waals surface area contributed by atoms with Gasteiger partial charge in [-0.1, -0.05) is 41.9 Å². The molecule has 4 rings (SSSR count). The summed E-state index contributed by atoms with van der Waals surface area (Å²) in [5.74, 6) is 0. The van der Waals surface area contributed by atoms with Crippen LogP contribution in [0.3, 0.4) is 0 Å². The Hall–Kier alpha value is -3.25. The summed E-state index contributed by atoms with van der Waals surface area (Å²) in [6.45, 7) is 3.75. The van der Waals surface area contributed by atoms with Crippen LogP contribution in [-0.2, 0) is 19.4 Å². The number of hydrogen-bond acceptors (Lipinski definition) is 2. The molecule has 0 saturated carbocycles. The molecule has 0 fully saturated rings. The standard InChI is InChI=1S/C25H28ClN5O/c1-18-13-19(8-9-23(18)26)16-31(25(32)28-11-4-5-21-15-27-17-30-21)12-10-20-14-29-24-7-3-2-6-22(20)24/h2-3,6-9,13-15,17,29H,4-5,10-12,16H2,1H3,(H,27,30)(H,28,32). The Kier molecular flexibility index (Phi) is 7.12. The van der Waals surface area contributed by atoms with E-state index in [1.807, 2.05) is 54.5 Å². The predicted octanol–water partition coefficient (Wildman–Crippen LogP) is 5.24. The third-order valence-corrected chi connectivity index (χ3v) is 6.09. The summed E-state index contributed by atoms with van der Waals surface area (Å²) in [5, 5.41) is 5.02. The van der Waals surface area contributed by atoms with Crippen molar-refractivity contribution in [3.63, 3.8) is 0 Å². The fourth-order valence-corrected chi connectivity index (χ4v) is 4.00. The first-order chi connectivity index (χ1) is 15.6. The van der Waals surface area contributed by atoms with Gasteiger partial charge in [0, 0.05) is 53.6 Å². The van der Waals surface area contributed by atoms with Gasteiger partial charge in [-0.2, -0.15) is 0 Å². The molecule has 7 heteroatoms. The maximum atomic E-state index is 13.0. The smallest absolute Gasteiger partial charge is 0.317 e. The van der Waals surface area contributed by atoms with E-state index in [1.165, 1.54) is 10.9 Å². The van der Waals surface area contributed by atoms with Gasteiger partial charge < -0.3 is 20.2 Å². The number of imidazole rings is 1. The zero-order valence-electron chi connectivity index (χ0n) is 18.2. The molecular formula is C25H28ClN5O. The average Bonchev–Trinajstić information content (AvgIpc) is 3.46. The van der Waals surface area contributed by atoms with E-state index in [1.54, 1.807) is 6.33 Å². The van der Waals surface area contributed by atoms with E-state index >= 15 is 0 Å². The maximum absolute atomic E-state index is 13.0. The summed E-state index contributed by atoms with van der Waals surface area (Å²) in [6, 6.07) is 14.1. The van der Waals surface area contributed by atoms with Gasteiger partial charge in [-0.3, -0.25) is 0 Å². The van der Waals surface area contributed by atoms with E-state index in [0.717, 1.165) is 46.6 Å². The van der Waals surface area contributed by atoms with Crippen molar-refractivity contribution in [1.82, 2.24) is 25.2 Å². The van der Waals surface area contributed by atoms with Crippen molar-refractivity contribution >= 4 is 28.5 Å². The molecular weight excluding hydrogens is 422 g/mol. The summed E-state index contributed by atoms with van der Waals surface area (Å²) in [4.78, 5) is 25.4. The van der Waals surface area contributed by atoms with Gasteiger partial charge in [-0.15, -0.1) is 0 Å². The summed E-state index contributed by atoms with van der Waals surface area (Å²) in [7, 11) is 0. The molecule has 0 aliphatic heterocycles. The lowest BCUT2D eigenvalue weighted by molar-refractivity contribution is 0.195. The molecule has 32 heavy (non-hydrogen) atoms. The molecule has 0 saturated heterocycles. The Bertz CT molecular complexity index is 1170. The van der Waals surface area contributed by atoms with Crippen LogP contribution in [0.5, 0.6) is 0 Å². The second-order valence-electron chi connectivity index (χ2n) is 8.03. The second-order valence-corrected chi connectivity index (χ2v) is 8.43. The molecule has 2 amide bonds. The maximum Gasteiger partial charge on any atom is 0.317 e. The van der Waals surface area contributed by atoms with Crippen LogP contribution in [0.4, 0.5) is 4.79 Å². The number of fused-ring (bicyclic) bond motifs is 1. The highest BCUT2D eigenvalue weighted by molar-refractivity contribution is 6.31. The quantitative estimate of drug-likeness (QED) is 0.305. The minimum Gasteiger partial charge on any atom is -0.361 e. The van der Waals surface area contributed by atoms with E-state index in [-0.39, 0.29) is 6.03 Å². The number of amides is 2. The number of H-pyrrole nitrogens is 2. The highest BCUT2D eigenvalue weighted by atomic mass is 35.5. The Labute approximate surface area is 193 Å². The van der Waals surface area contributed by atoms with Gasteiger partial charge >= 0.3 is 6.03 Å². The third kappa shape index (κ3) is 5.51. The normalized spacial score (nSPS) is 11.1. The Balaban J connectivity index is 1.41. The number of urea groups is 1. The molecule has 4 aromatic rings. The van der Waals surface area contributed by atoms with Gasteiger partial charge in [0.2, 0.25) is 0 Å². The molecule has 0 atom stereocenters. The number of nitrogens with zero attached hydrogens (tertiary/aromatic N) is 2. The van der Waals surface area contributed by atoms with Gasteiger partial charge in [-0.05, 0) is 55.0 Å². The van der Waals surface area contributed by atoms with E-state index in [0.29, 0.717) is 19.6 Å². The van der Waals surface area contributed by atoms with Crippen LogP contribution < -0.4 is 5.32 Å². The lowest BCUT2D eigenvalue weighted by atomic mass is 10.1. The number of nitrogens with one attached hydrogen (secondary N) is 3. The number of carbonyl (C=O) groups is 1. The summed E-state index contributed by atoms with van der Waals surface area (Å²) < 4.78 is 0. The fourth-order valence-electron chi connectivity index (χ4n) is 3.88. The largest absolute Gasteiger partial charge is 0.361 e. The number of para-hydroxylation sites is 1. The van der Waals surface area contributed by atoms with Crippen molar-refractivity contribution in [3.05, 3.63) is 88.6 Å². The van der Waals surface area contributed by atoms with Gasteiger partial charge in [0.05, 0.1) is 6.33 Å². The molecule has 0 spiro atoms. The van der Waals surface area contributed by atoms with Crippen molar-refractivity contribution in [3.8, 4) is 0 Å². The topological polar surface area (TPSA) is 76.8 Å². The van der Waals surface area contributed by atoms with E-state index in [9.17, 15) is 4.79 Å². The van der Waals surface area contributed by atoms with E-state index in [4.69, 9.17) is 11.6 Å². The molecule has 2 aromatic heterocycles. The zero-order valence-corrected chi connectivity index (χ0v) is 19.0. The molecule has 0 unspecified atom stereocenters. The van der Waals surface area contributed by atoms with Crippen LogP contribution in [0, 0.1) is 6.92 Å². The average molecular weight is 450 g/mol. The molecule has 0 aliphatic rings.